The number of ether oxygens (including phenoxy) is 1. The third-order valence-electron chi connectivity index (χ3n) is 3.10. The van der Waals surface area contributed by atoms with Gasteiger partial charge in [-0.15, -0.1) is 4.83 Å². The molecule has 1 aliphatic rings. The van der Waals surface area contributed by atoms with E-state index < -0.39 is 17.1 Å². The molecule has 110 valence electrons. The van der Waals surface area contributed by atoms with Gasteiger partial charge in [-0.05, 0) is 24.5 Å². The fourth-order valence-corrected chi connectivity index (χ4v) is 3.10. The maximum absolute atomic E-state index is 12.2. The standard InChI is InChI=1S/C11H17BN2O5S/c1-9-2-3-10(8-11(9)12(15)16)20(17,18)13-14-4-6-19-7-5-14/h2-3,8,13,15-16H,4-7H2,1H3. The van der Waals surface area contributed by atoms with E-state index in [1.807, 2.05) is 0 Å². The summed E-state index contributed by atoms with van der Waals surface area (Å²) in [5.41, 5.74) is 0.792. The van der Waals surface area contributed by atoms with Crippen molar-refractivity contribution < 1.29 is 23.2 Å². The highest BCUT2D eigenvalue weighted by molar-refractivity contribution is 7.89. The number of sulfonamides is 1. The molecular formula is C11H17BN2O5S. The fraction of sp³-hybridized carbons (Fsp3) is 0.455. The van der Waals surface area contributed by atoms with Crippen LogP contribution in [0, 0.1) is 6.92 Å². The van der Waals surface area contributed by atoms with E-state index in [2.05, 4.69) is 4.83 Å². The third kappa shape index (κ3) is 3.57. The fourth-order valence-electron chi connectivity index (χ4n) is 1.94. The molecule has 1 aliphatic heterocycles. The van der Waals surface area contributed by atoms with Crippen molar-refractivity contribution in [2.45, 2.75) is 11.8 Å². The second-order valence-corrected chi connectivity index (χ2v) is 6.25. The summed E-state index contributed by atoms with van der Waals surface area (Å²) in [5.74, 6) is 0. The van der Waals surface area contributed by atoms with Gasteiger partial charge in [0.1, 0.15) is 0 Å². The maximum Gasteiger partial charge on any atom is 0.488 e. The maximum atomic E-state index is 12.2. The van der Waals surface area contributed by atoms with Gasteiger partial charge in [0.05, 0.1) is 18.1 Å². The second kappa shape index (κ2) is 6.21. The highest BCUT2D eigenvalue weighted by Crippen LogP contribution is 2.10. The minimum absolute atomic E-state index is 0.00214. The third-order valence-corrected chi connectivity index (χ3v) is 4.47. The number of aryl methyl sites for hydroxylation is 1. The summed E-state index contributed by atoms with van der Waals surface area (Å²) in [4.78, 5) is 2.46. The van der Waals surface area contributed by atoms with Gasteiger partial charge in [-0.3, -0.25) is 0 Å². The molecule has 9 heteroatoms. The Morgan fingerprint density at radius 3 is 2.55 bits per heavy atom. The molecule has 20 heavy (non-hydrogen) atoms. The highest BCUT2D eigenvalue weighted by atomic mass is 32.2. The second-order valence-electron chi connectivity index (χ2n) is 4.59. The van der Waals surface area contributed by atoms with E-state index in [0.717, 1.165) is 0 Å². The molecule has 3 N–H and O–H groups in total. The lowest BCUT2D eigenvalue weighted by Crippen LogP contribution is -2.48. The Kier molecular flexibility index (Phi) is 4.79. The quantitative estimate of drug-likeness (QED) is 0.568. The lowest BCUT2D eigenvalue weighted by molar-refractivity contribution is 0.0272. The Morgan fingerprint density at radius 1 is 1.30 bits per heavy atom. The molecule has 0 aromatic heterocycles. The van der Waals surface area contributed by atoms with E-state index in [9.17, 15) is 18.5 Å². The SMILES string of the molecule is Cc1ccc(S(=O)(=O)NN2CCOCC2)cc1B(O)O. The van der Waals surface area contributed by atoms with Gasteiger partial charge in [-0.1, -0.05) is 11.6 Å². The first-order chi connectivity index (χ1) is 9.40. The summed E-state index contributed by atoms with van der Waals surface area (Å²) < 4.78 is 29.6. The van der Waals surface area contributed by atoms with E-state index in [1.165, 1.54) is 12.1 Å². The minimum Gasteiger partial charge on any atom is -0.423 e. The average Bonchev–Trinajstić information content (AvgIpc) is 2.39. The van der Waals surface area contributed by atoms with Crippen LogP contribution in [0.15, 0.2) is 23.1 Å². The zero-order valence-corrected chi connectivity index (χ0v) is 11.9. The molecule has 2 rings (SSSR count). The van der Waals surface area contributed by atoms with Crippen LogP contribution in [0.4, 0.5) is 0 Å². The molecule has 0 saturated carbocycles. The van der Waals surface area contributed by atoms with Gasteiger partial charge < -0.3 is 14.8 Å². The van der Waals surface area contributed by atoms with Crippen LogP contribution in [0.2, 0.25) is 0 Å². The van der Waals surface area contributed by atoms with Crippen molar-refractivity contribution in [3.63, 3.8) is 0 Å². The molecule has 0 radical (unpaired) electrons. The van der Waals surface area contributed by atoms with Crippen LogP contribution in [0.5, 0.6) is 0 Å². The minimum atomic E-state index is -3.73. The zero-order chi connectivity index (χ0) is 14.8. The van der Waals surface area contributed by atoms with Crippen LogP contribution in [-0.4, -0.2) is 56.9 Å². The highest BCUT2D eigenvalue weighted by Gasteiger charge is 2.23. The van der Waals surface area contributed by atoms with E-state index >= 15 is 0 Å². The largest absolute Gasteiger partial charge is 0.488 e. The summed E-state index contributed by atoms with van der Waals surface area (Å²) in [6.07, 6.45) is 0. The van der Waals surface area contributed by atoms with Gasteiger partial charge in [0.15, 0.2) is 0 Å². The van der Waals surface area contributed by atoms with Crippen molar-refractivity contribution in [2.24, 2.45) is 0 Å². The molecule has 0 spiro atoms. The lowest BCUT2D eigenvalue weighted by Gasteiger charge is -2.26. The van der Waals surface area contributed by atoms with Crippen LogP contribution in [0.3, 0.4) is 0 Å². The van der Waals surface area contributed by atoms with Crippen molar-refractivity contribution in [1.82, 2.24) is 9.84 Å². The number of morpholine rings is 1. The number of rotatable bonds is 4. The van der Waals surface area contributed by atoms with E-state index in [0.29, 0.717) is 31.9 Å². The average molecular weight is 300 g/mol. The van der Waals surface area contributed by atoms with Crippen LogP contribution in [0.1, 0.15) is 5.56 Å². The summed E-state index contributed by atoms with van der Waals surface area (Å²) in [5, 5.41) is 20.0. The van der Waals surface area contributed by atoms with Crippen LogP contribution in [-0.2, 0) is 14.8 Å². The Morgan fingerprint density at radius 2 is 1.95 bits per heavy atom. The lowest BCUT2D eigenvalue weighted by atomic mass is 9.77. The number of hydrogen-bond acceptors (Lipinski definition) is 6. The molecule has 0 amide bonds. The van der Waals surface area contributed by atoms with Gasteiger partial charge in [-0.2, -0.15) is 0 Å². The van der Waals surface area contributed by atoms with Gasteiger partial charge in [0.2, 0.25) is 0 Å². The monoisotopic (exact) mass is 300 g/mol. The molecular weight excluding hydrogens is 283 g/mol. The summed E-state index contributed by atoms with van der Waals surface area (Å²) in [6, 6.07) is 4.25. The van der Waals surface area contributed by atoms with Crippen molar-refractivity contribution >= 4 is 22.6 Å². The van der Waals surface area contributed by atoms with Crippen LogP contribution < -0.4 is 10.3 Å². The molecule has 0 unspecified atom stereocenters. The number of nitrogens with one attached hydrogen (secondary N) is 1. The molecule has 1 aromatic rings. The van der Waals surface area contributed by atoms with E-state index in [1.54, 1.807) is 18.0 Å². The molecule has 1 aromatic carbocycles. The Balaban J connectivity index is 2.22. The van der Waals surface area contributed by atoms with Gasteiger partial charge >= 0.3 is 7.12 Å². The van der Waals surface area contributed by atoms with E-state index in [4.69, 9.17) is 4.74 Å². The number of hydrazine groups is 1. The molecule has 1 fully saturated rings. The molecule has 1 heterocycles. The molecule has 0 atom stereocenters. The predicted octanol–water partition coefficient (Wildman–Crippen LogP) is -1.80. The van der Waals surface area contributed by atoms with E-state index in [-0.39, 0.29) is 10.4 Å². The van der Waals surface area contributed by atoms with Crippen molar-refractivity contribution in [1.29, 1.82) is 0 Å². The van der Waals surface area contributed by atoms with Gasteiger partial charge in [-0.25, -0.2) is 13.4 Å². The summed E-state index contributed by atoms with van der Waals surface area (Å²) in [6.45, 7) is 3.57. The normalized spacial score (nSPS) is 17.1. The molecule has 1 saturated heterocycles. The van der Waals surface area contributed by atoms with Crippen molar-refractivity contribution in [3.8, 4) is 0 Å². The zero-order valence-electron chi connectivity index (χ0n) is 11.1. The van der Waals surface area contributed by atoms with Crippen LogP contribution >= 0.6 is 0 Å². The van der Waals surface area contributed by atoms with Crippen molar-refractivity contribution in [3.05, 3.63) is 23.8 Å². The number of nitrogens with zero attached hydrogens (tertiary/aromatic N) is 1. The first-order valence-electron chi connectivity index (χ1n) is 6.22. The predicted molar refractivity (Wildman–Crippen MR) is 73.7 cm³/mol. The Labute approximate surface area is 118 Å². The van der Waals surface area contributed by atoms with Gasteiger partial charge in [0.25, 0.3) is 10.0 Å². The smallest absolute Gasteiger partial charge is 0.423 e. The Bertz CT molecular complexity index is 572. The first-order valence-corrected chi connectivity index (χ1v) is 7.70. The molecule has 0 bridgehead atoms. The van der Waals surface area contributed by atoms with Crippen LogP contribution in [0.25, 0.3) is 0 Å². The van der Waals surface area contributed by atoms with Crippen molar-refractivity contribution in [2.75, 3.05) is 26.3 Å². The molecule has 0 aliphatic carbocycles. The topological polar surface area (TPSA) is 99.1 Å². The molecule has 7 nitrogen and oxygen atoms in total. The summed E-state index contributed by atoms with van der Waals surface area (Å²) >= 11 is 0. The number of benzene rings is 1. The number of hydrogen-bond donors (Lipinski definition) is 3. The summed E-state index contributed by atoms with van der Waals surface area (Å²) in [7, 11) is -5.43. The van der Waals surface area contributed by atoms with Gasteiger partial charge in [0, 0.05) is 13.1 Å². The Hall–Kier alpha value is -0.965. The first kappa shape index (κ1) is 15.4.